The van der Waals surface area contributed by atoms with Crippen molar-refractivity contribution in [2.75, 3.05) is 44.2 Å². The Bertz CT molecular complexity index is 700. The molecule has 1 N–H and O–H groups in total. The number of carbonyl (C=O) groups excluding carboxylic acids is 2. The van der Waals surface area contributed by atoms with Crippen molar-refractivity contribution in [3.63, 3.8) is 0 Å². The zero-order chi connectivity index (χ0) is 19.5. The fraction of sp³-hybridized carbons (Fsp3) is 0.667. The summed E-state index contributed by atoms with van der Waals surface area (Å²) in [5.41, 5.74) is 0.620. The zero-order valence-corrected chi connectivity index (χ0v) is 16.4. The second kappa shape index (κ2) is 8.47. The van der Waals surface area contributed by atoms with Gasteiger partial charge >= 0.3 is 0 Å². The molecule has 3 saturated heterocycles. The van der Waals surface area contributed by atoms with Crippen molar-refractivity contribution in [3.8, 4) is 0 Å². The first-order valence-corrected chi connectivity index (χ1v) is 10.6. The highest BCUT2D eigenvalue weighted by atomic mass is 16.3. The Morgan fingerprint density at radius 2 is 1.93 bits per heavy atom. The second-order valence-corrected chi connectivity index (χ2v) is 8.33. The van der Waals surface area contributed by atoms with Gasteiger partial charge < -0.3 is 19.8 Å². The molecule has 0 radical (unpaired) electrons. The molecule has 28 heavy (non-hydrogen) atoms. The lowest BCUT2D eigenvalue weighted by atomic mass is 9.96. The summed E-state index contributed by atoms with van der Waals surface area (Å²) >= 11 is 0. The van der Waals surface area contributed by atoms with E-state index >= 15 is 0 Å². The maximum Gasteiger partial charge on any atom is 0.255 e. The Balaban J connectivity index is 1.29. The van der Waals surface area contributed by atoms with Gasteiger partial charge in [0.1, 0.15) is 5.82 Å². The van der Waals surface area contributed by atoms with Crippen LogP contribution in [-0.4, -0.2) is 77.1 Å². The lowest BCUT2D eigenvalue weighted by Gasteiger charge is -2.34. The van der Waals surface area contributed by atoms with E-state index in [-0.39, 0.29) is 17.9 Å². The molecule has 0 spiro atoms. The van der Waals surface area contributed by atoms with Crippen molar-refractivity contribution in [1.29, 1.82) is 0 Å². The highest BCUT2D eigenvalue weighted by molar-refractivity contribution is 5.94. The standard InChI is InChI=1S/C21H30N4O3/c26-18-3-1-9-24(15-18)19-6-5-17(13-22-19)21(28)23-11-7-16(8-12-23)14-25-10-2-4-20(25)27/h5-6,13,16,18,26H,1-4,7-12,14-15H2/t18-/m0/s1. The molecule has 1 aromatic rings. The van der Waals surface area contributed by atoms with Crippen molar-refractivity contribution < 1.29 is 14.7 Å². The second-order valence-electron chi connectivity index (χ2n) is 8.33. The maximum atomic E-state index is 12.8. The fourth-order valence-corrected chi connectivity index (χ4v) is 4.57. The summed E-state index contributed by atoms with van der Waals surface area (Å²) in [5, 5.41) is 9.83. The van der Waals surface area contributed by atoms with Gasteiger partial charge in [0, 0.05) is 51.9 Å². The lowest BCUT2D eigenvalue weighted by Crippen LogP contribution is -2.42. The third-order valence-corrected chi connectivity index (χ3v) is 6.27. The van der Waals surface area contributed by atoms with E-state index in [1.165, 1.54) is 0 Å². The number of anilines is 1. The summed E-state index contributed by atoms with van der Waals surface area (Å²) in [6, 6.07) is 3.73. The van der Waals surface area contributed by atoms with E-state index in [9.17, 15) is 14.7 Å². The quantitative estimate of drug-likeness (QED) is 0.849. The highest BCUT2D eigenvalue weighted by Gasteiger charge is 2.28. The van der Waals surface area contributed by atoms with E-state index in [4.69, 9.17) is 0 Å². The van der Waals surface area contributed by atoms with E-state index in [0.717, 1.165) is 70.6 Å². The summed E-state index contributed by atoms with van der Waals surface area (Å²) in [4.78, 5) is 35.1. The Labute approximate surface area is 166 Å². The summed E-state index contributed by atoms with van der Waals surface area (Å²) in [6.45, 7) is 4.72. The normalized spacial score (nSPS) is 24.1. The average molecular weight is 386 g/mol. The number of likely N-dealkylation sites (tertiary alicyclic amines) is 2. The van der Waals surface area contributed by atoms with Crippen LogP contribution >= 0.6 is 0 Å². The molecule has 4 rings (SSSR count). The summed E-state index contributed by atoms with van der Waals surface area (Å²) in [7, 11) is 0. The number of piperidine rings is 2. The molecule has 152 valence electrons. The smallest absolute Gasteiger partial charge is 0.255 e. The number of pyridine rings is 1. The van der Waals surface area contributed by atoms with Crippen LogP contribution in [0.25, 0.3) is 0 Å². The minimum absolute atomic E-state index is 0.0356. The third-order valence-electron chi connectivity index (χ3n) is 6.27. The van der Waals surface area contributed by atoms with Crippen LogP contribution in [0.5, 0.6) is 0 Å². The average Bonchev–Trinajstić information content (AvgIpc) is 3.13. The van der Waals surface area contributed by atoms with Crippen LogP contribution in [0.1, 0.15) is 48.9 Å². The van der Waals surface area contributed by atoms with Crippen molar-refractivity contribution >= 4 is 17.6 Å². The summed E-state index contributed by atoms with van der Waals surface area (Å²) < 4.78 is 0. The van der Waals surface area contributed by atoms with Crippen LogP contribution in [0.15, 0.2) is 18.3 Å². The molecule has 0 saturated carbocycles. The molecule has 4 heterocycles. The Kier molecular flexibility index (Phi) is 5.80. The number of aliphatic hydroxyl groups excluding tert-OH is 1. The van der Waals surface area contributed by atoms with Gasteiger partial charge in [-0.15, -0.1) is 0 Å². The first-order valence-electron chi connectivity index (χ1n) is 10.6. The highest BCUT2D eigenvalue weighted by Crippen LogP contribution is 2.23. The number of hydrogen-bond acceptors (Lipinski definition) is 5. The maximum absolute atomic E-state index is 12.8. The number of carbonyl (C=O) groups is 2. The Morgan fingerprint density at radius 3 is 2.57 bits per heavy atom. The lowest BCUT2D eigenvalue weighted by molar-refractivity contribution is -0.128. The van der Waals surface area contributed by atoms with E-state index in [0.29, 0.717) is 24.4 Å². The van der Waals surface area contributed by atoms with Gasteiger partial charge in [0.25, 0.3) is 5.91 Å². The number of aromatic nitrogens is 1. The largest absolute Gasteiger partial charge is 0.391 e. The molecule has 0 aromatic carbocycles. The molecule has 1 aromatic heterocycles. The molecule has 3 aliphatic heterocycles. The molecule has 3 fully saturated rings. The van der Waals surface area contributed by atoms with Crippen LogP contribution in [0.2, 0.25) is 0 Å². The van der Waals surface area contributed by atoms with Gasteiger partial charge in [-0.2, -0.15) is 0 Å². The number of nitrogens with zero attached hydrogens (tertiary/aromatic N) is 4. The van der Waals surface area contributed by atoms with Gasteiger partial charge in [-0.3, -0.25) is 9.59 Å². The predicted molar refractivity (Wildman–Crippen MR) is 106 cm³/mol. The van der Waals surface area contributed by atoms with Gasteiger partial charge in [0.05, 0.1) is 11.7 Å². The van der Waals surface area contributed by atoms with Crippen molar-refractivity contribution in [1.82, 2.24) is 14.8 Å². The van der Waals surface area contributed by atoms with E-state index < -0.39 is 0 Å². The van der Waals surface area contributed by atoms with Crippen molar-refractivity contribution in [2.45, 2.75) is 44.6 Å². The van der Waals surface area contributed by atoms with Gasteiger partial charge in [-0.05, 0) is 50.2 Å². The van der Waals surface area contributed by atoms with Gasteiger partial charge in [-0.1, -0.05) is 0 Å². The molecule has 0 aliphatic carbocycles. The number of β-amino-alcohol motifs (C(OH)–C–C–N with tert-alkyl or cyclic N) is 1. The number of rotatable bonds is 4. The van der Waals surface area contributed by atoms with Gasteiger partial charge in [0.2, 0.25) is 5.91 Å². The molecule has 3 aliphatic rings. The Hall–Kier alpha value is -2.15. The topological polar surface area (TPSA) is 77.0 Å². The van der Waals surface area contributed by atoms with Crippen LogP contribution in [0.3, 0.4) is 0 Å². The van der Waals surface area contributed by atoms with Crippen molar-refractivity contribution in [2.24, 2.45) is 5.92 Å². The number of amides is 2. The molecule has 0 unspecified atom stereocenters. The van der Waals surface area contributed by atoms with E-state index in [1.807, 2.05) is 21.9 Å². The monoisotopic (exact) mass is 386 g/mol. The first-order chi connectivity index (χ1) is 13.6. The fourth-order valence-electron chi connectivity index (χ4n) is 4.57. The summed E-state index contributed by atoms with van der Waals surface area (Å²) in [5.74, 6) is 1.64. The van der Waals surface area contributed by atoms with Gasteiger partial charge in [0.15, 0.2) is 0 Å². The predicted octanol–water partition coefficient (Wildman–Crippen LogP) is 1.52. The number of hydrogen-bond donors (Lipinski definition) is 1. The van der Waals surface area contributed by atoms with Crippen LogP contribution in [0.4, 0.5) is 5.82 Å². The summed E-state index contributed by atoms with van der Waals surface area (Å²) in [6.07, 6.45) is 6.74. The van der Waals surface area contributed by atoms with Crippen LogP contribution in [0, 0.1) is 5.92 Å². The van der Waals surface area contributed by atoms with Gasteiger partial charge in [-0.25, -0.2) is 4.98 Å². The van der Waals surface area contributed by atoms with Crippen LogP contribution < -0.4 is 4.90 Å². The van der Waals surface area contributed by atoms with Crippen molar-refractivity contribution in [3.05, 3.63) is 23.9 Å². The van der Waals surface area contributed by atoms with Crippen LogP contribution in [-0.2, 0) is 4.79 Å². The molecule has 1 atom stereocenters. The third kappa shape index (κ3) is 4.29. The number of aliphatic hydroxyl groups is 1. The first kappa shape index (κ1) is 19.2. The molecular weight excluding hydrogens is 356 g/mol. The minimum atomic E-state index is -0.297. The molecule has 2 amide bonds. The SMILES string of the molecule is O=C1CCCN1CC1CCN(C(=O)c2ccc(N3CCC[C@H](O)C3)nc2)CC1. The van der Waals surface area contributed by atoms with E-state index in [2.05, 4.69) is 9.88 Å². The molecule has 0 bridgehead atoms. The molecule has 7 heteroatoms. The molecule has 7 nitrogen and oxygen atoms in total. The molecular formula is C21H30N4O3. The Morgan fingerprint density at radius 1 is 1.11 bits per heavy atom. The van der Waals surface area contributed by atoms with E-state index in [1.54, 1.807) is 6.20 Å². The zero-order valence-electron chi connectivity index (χ0n) is 16.4. The minimum Gasteiger partial charge on any atom is -0.391 e.